The predicted octanol–water partition coefficient (Wildman–Crippen LogP) is 6.22. The van der Waals surface area contributed by atoms with E-state index in [4.69, 9.17) is 9.97 Å². The van der Waals surface area contributed by atoms with E-state index in [0.717, 1.165) is 36.6 Å². The van der Waals surface area contributed by atoms with E-state index in [1.807, 2.05) is 0 Å². The van der Waals surface area contributed by atoms with Crippen molar-refractivity contribution in [2.75, 3.05) is 5.32 Å². The Bertz CT molecular complexity index is 1070. The topological polar surface area (TPSA) is 42.7 Å². The summed E-state index contributed by atoms with van der Waals surface area (Å²) < 4.78 is 2.46. The molecule has 1 atom stereocenters. The highest BCUT2D eigenvalue weighted by molar-refractivity contribution is 5.94. The van der Waals surface area contributed by atoms with Gasteiger partial charge in [0.05, 0.1) is 11.1 Å². The zero-order valence-electron chi connectivity index (χ0n) is 18.9. The quantitative estimate of drug-likeness (QED) is 0.532. The van der Waals surface area contributed by atoms with E-state index in [1.54, 1.807) is 6.33 Å². The highest BCUT2D eigenvalue weighted by Crippen LogP contribution is 2.39. The standard InChI is InChI=1S/C26H34N4/c1-5-20(14-19-10-11-19)29-25-23-21-8-6-7-9-22(21)30(26(23)28-15-27-25)24-17(3)12-16(2)13-18(24)4/h12-13,15,19-20H,5-11,14H2,1-4H3,(H,27,28,29). The molecule has 0 spiro atoms. The molecule has 0 aliphatic heterocycles. The fourth-order valence-corrected chi connectivity index (χ4v) is 5.51. The van der Waals surface area contributed by atoms with Gasteiger partial charge < -0.3 is 5.32 Å². The van der Waals surface area contributed by atoms with Gasteiger partial charge in [-0.2, -0.15) is 0 Å². The second-order valence-corrected chi connectivity index (χ2v) is 9.56. The van der Waals surface area contributed by atoms with Crippen molar-refractivity contribution in [2.45, 2.75) is 85.1 Å². The minimum atomic E-state index is 0.501. The van der Waals surface area contributed by atoms with E-state index in [-0.39, 0.29) is 0 Å². The van der Waals surface area contributed by atoms with E-state index in [9.17, 15) is 0 Å². The average Bonchev–Trinajstić information content (AvgIpc) is 3.48. The molecular weight excluding hydrogens is 368 g/mol. The molecule has 1 N–H and O–H groups in total. The van der Waals surface area contributed by atoms with E-state index in [2.05, 4.69) is 49.7 Å². The zero-order chi connectivity index (χ0) is 20.8. The van der Waals surface area contributed by atoms with Gasteiger partial charge in [-0.15, -0.1) is 0 Å². The molecule has 158 valence electrons. The highest BCUT2D eigenvalue weighted by atomic mass is 15.1. The Morgan fingerprint density at radius 1 is 1.07 bits per heavy atom. The molecule has 3 aromatic rings. The highest BCUT2D eigenvalue weighted by Gasteiger charge is 2.28. The van der Waals surface area contributed by atoms with Crippen molar-refractivity contribution < 1.29 is 0 Å². The third kappa shape index (κ3) is 3.40. The SMILES string of the molecule is CCC(CC1CC1)Nc1ncnc2c1c1c(n2-c2c(C)cc(C)cc2C)CCCC1. The lowest BCUT2D eigenvalue weighted by molar-refractivity contribution is 0.585. The Balaban J connectivity index is 1.69. The maximum atomic E-state index is 4.85. The molecule has 0 amide bonds. The summed E-state index contributed by atoms with van der Waals surface area (Å²) in [5, 5.41) is 5.10. The third-order valence-electron chi connectivity index (χ3n) is 7.06. The Labute approximate surface area is 180 Å². The largest absolute Gasteiger partial charge is 0.367 e. The Hall–Kier alpha value is -2.36. The van der Waals surface area contributed by atoms with Gasteiger partial charge in [0.25, 0.3) is 0 Å². The summed E-state index contributed by atoms with van der Waals surface area (Å²) in [7, 11) is 0. The fourth-order valence-electron chi connectivity index (χ4n) is 5.51. The van der Waals surface area contributed by atoms with Gasteiger partial charge in [-0.05, 0) is 81.9 Å². The van der Waals surface area contributed by atoms with Gasteiger partial charge >= 0.3 is 0 Å². The van der Waals surface area contributed by atoms with Crippen LogP contribution < -0.4 is 5.32 Å². The lowest BCUT2D eigenvalue weighted by atomic mass is 9.95. The molecule has 1 unspecified atom stereocenters. The van der Waals surface area contributed by atoms with Crippen molar-refractivity contribution in [1.29, 1.82) is 0 Å². The molecule has 5 rings (SSSR count). The number of aromatic nitrogens is 3. The van der Waals surface area contributed by atoms with Gasteiger partial charge in [0.1, 0.15) is 12.1 Å². The number of aryl methyl sites for hydroxylation is 4. The Morgan fingerprint density at radius 2 is 1.80 bits per heavy atom. The molecule has 4 nitrogen and oxygen atoms in total. The van der Waals surface area contributed by atoms with Crippen LogP contribution in [-0.2, 0) is 12.8 Å². The molecular formula is C26H34N4. The van der Waals surface area contributed by atoms with Crippen LogP contribution in [0.2, 0.25) is 0 Å². The number of anilines is 1. The third-order valence-corrected chi connectivity index (χ3v) is 7.06. The molecule has 4 heteroatoms. The lowest BCUT2D eigenvalue weighted by Gasteiger charge is -2.19. The summed E-state index contributed by atoms with van der Waals surface area (Å²) in [4.78, 5) is 9.61. The van der Waals surface area contributed by atoms with Crippen LogP contribution >= 0.6 is 0 Å². The van der Waals surface area contributed by atoms with Gasteiger partial charge in [0, 0.05) is 11.7 Å². The number of fused-ring (bicyclic) bond motifs is 3. The van der Waals surface area contributed by atoms with Crippen molar-refractivity contribution in [1.82, 2.24) is 14.5 Å². The van der Waals surface area contributed by atoms with Crippen LogP contribution in [0.5, 0.6) is 0 Å². The number of nitrogens with one attached hydrogen (secondary N) is 1. The predicted molar refractivity (Wildman–Crippen MR) is 125 cm³/mol. The number of hydrogen-bond acceptors (Lipinski definition) is 3. The van der Waals surface area contributed by atoms with Gasteiger partial charge in [-0.3, -0.25) is 4.57 Å². The smallest absolute Gasteiger partial charge is 0.150 e. The first-order valence-electron chi connectivity index (χ1n) is 11.8. The van der Waals surface area contributed by atoms with Gasteiger partial charge in [0.2, 0.25) is 0 Å². The van der Waals surface area contributed by atoms with Gasteiger partial charge in [-0.25, -0.2) is 9.97 Å². The van der Waals surface area contributed by atoms with Crippen LogP contribution in [0.15, 0.2) is 18.5 Å². The fraction of sp³-hybridized carbons (Fsp3) is 0.538. The monoisotopic (exact) mass is 402 g/mol. The molecule has 2 heterocycles. The van der Waals surface area contributed by atoms with E-state index < -0.39 is 0 Å². The number of benzene rings is 1. The number of nitrogens with zero attached hydrogens (tertiary/aromatic N) is 3. The van der Waals surface area contributed by atoms with E-state index in [1.165, 1.54) is 71.1 Å². The normalized spacial score (nSPS) is 17.2. The van der Waals surface area contributed by atoms with Crippen LogP contribution in [0.3, 0.4) is 0 Å². The summed E-state index contributed by atoms with van der Waals surface area (Å²) in [6.45, 7) is 8.94. The first-order valence-corrected chi connectivity index (χ1v) is 11.8. The summed E-state index contributed by atoms with van der Waals surface area (Å²) in [5.74, 6) is 1.96. The first-order chi connectivity index (χ1) is 14.6. The molecule has 2 aromatic heterocycles. The molecule has 1 saturated carbocycles. The number of rotatable bonds is 6. The Morgan fingerprint density at radius 3 is 2.50 bits per heavy atom. The molecule has 2 aliphatic carbocycles. The maximum Gasteiger partial charge on any atom is 0.150 e. The molecule has 0 radical (unpaired) electrons. The summed E-state index contributed by atoms with van der Waals surface area (Å²) in [6.07, 6.45) is 11.7. The molecule has 0 bridgehead atoms. The molecule has 1 aromatic carbocycles. The van der Waals surface area contributed by atoms with Crippen molar-refractivity contribution in [2.24, 2.45) is 5.92 Å². The summed E-state index contributed by atoms with van der Waals surface area (Å²) >= 11 is 0. The second-order valence-electron chi connectivity index (χ2n) is 9.56. The zero-order valence-corrected chi connectivity index (χ0v) is 18.9. The first kappa shape index (κ1) is 19.6. The van der Waals surface area contributed by atoms with Crippen LogP contribution in [0, 0.1) is 26.7 Å². The second kappa shape index (κ2) is 7.72. The van der Waals surface area contributed by atoms with Crippen molar-refractivity contribution in [3.05, 3.63) is 46.4 Å². The Kier molecular flexibility index (Phi) is 5.04. The van der Waals surface area contributed by atoms with Crippen LogP contribution in [0.4, 0.5) is 5.82 Å². The number of hydrogen-bond donors (Lipinski definition) is 1. The van der Waals surface area contributed by atoms with Gasteiger partial charge in [-0.1, -0.05) is 37.5 Å². The van der Waals surface area contributed by atoms with Crippen LogP contribution in [0.1, 0.15) is 73.4 Å². The van der Waals surface area contributed by atoms with Crippen molar-refractivity contribution >= 4 is 16.9 Å². The van der Waals surface area contributed by atoms with Gasteiger partial charge in [0.15, 0.2) is 5.65 Å². The van der Waals surface area contributed by atoms with Crippen molar-refractivity contribution in [3.63, 3.8) is 0 Å². The summed E-state index contributed by atoms with van der Waals surface area (Å²) in [5.41, 5.74) is 9.28. The molecule has 1 fully saturated rings. The van der Waals surface area contributed by atoms with E-state index in [0.29, 0.717) is 6.04 Å². The molecule has 2 aliphatic rings. The van der Waals surface area contributed by atoms with E-state index >= 15 is 0 Å². The van der Waals surface area contributed by atoms with Crippen LogP contribution in [0.25, 0.3) is 16.7 Å². The van der Waals surface area contributed by atoms with Crippen molar-refractivity contribution in [3.8, 4) is 5.69 Å². The minimum absolute atomic E-state index is 0.501. The summed E-state index contributed by atoms with van der Waals surface area (Å²) in [6, 6.07) is 5.10. The molecule has 0 saturated heterocycles. The minimum Gasteiger partial charge on any atom is -0.367 e. The average molecular weight is 403 g/mol. The van der Waals surface area contributed by atoms with Crippen LogP contribution in [-0.4, -0.2) is 20.6 Å². The lowest BCUT2D eigenvalue weighted by Crippen LogP contribution is -2.20. The molecule has 30 heavy (non-hydrogen) atoms. The maximum absolute atomic E-state index is 4.85.